The quantitative estimate of drug-likeness (QED) is 0.406. The van der Waals surface area contributed by atoms with Gasteiger partial charge >= 0.3 is 6.61 Å². The first-order valence-electron chi connectivity index (χ1n) is 11.1. The summed E-state index contributed by atoms with van der Waals surface area (Å²) in [5.41, 5.74) is 2.96. The molecule has 0 bridgehead atoms. The zero-order valence-corrected chi connectivity index (χ0v) is 18.4. The van der Waals surface area contributed by atoms with Gasteiger partial charge < -0.3 is 20.5 Å². The fraction of sp³-hybridized carbons (Fsp3) is 0.458. The number of nitrogens with one attached hydrogen (secondary N) is 2. The summed E-state index contributed by atoms with van der Waals surface area (Å²) < 4.78 is 29.8. The van der Waals surface area contributed by atoms with Crippen molar-refractivity contribution >= 4 is 5.96 Å². The lowest BCUT2D eigenvalue weighted by Gasteiger charge is -2.29. The Kier molecular flexibility index (Phi) is 9.25. The maximum Gasteiger partial charge on any atom is 0.387 e. The molecule has 0 amide bonds. The molecule has 0 atom stereocenters. The molecule has 3 N–H and O–H groups in total. The van der Waals surface area contributed by atoms with Gasteiger partial charge in [-0.05, 0) is 37.0 Å². The minimum absolute atomic E-state index is 0.156. The maximum absolute atomic E-state index is 12.6. The number of nitrogens with zero attached hydrogens (tertiary/aromatic N) is 2. The predicted octanol–water partition coefficient (Wildman–Crippen LogP) is 3.50. The van der Waals surface area contributed by atoms with Crippen molar-refractivity contribution in [1.29, 1.82) is 0 Å². The number of para-hydroxylation sites is 1. The van der Waals surface area contributed by atoms with E-state index >= 15 is 0 Å². The van der Waals surface area contributed by atoms with E-state index in [1.807, 2.05) is 6.92 Å². The van der Waals surface area contributed by atoms with Gasteiger partial charge in [-0.3, -0.25) is 4.90 Å². The van der Waals surface area contributed by atoms with Gasteiger partial charge in [0.05, 0.1) is 12.6 Å². The van der Waals surface area contributed by atoms with E-state index in [9.17, 15) is 13.9 Å². The Labute approximate surface area is 188 Å². The summed E-state index contributed by atoms with van der Waals surface area (Å²) in [5, 5.41) is 16.0. The van der Waals surface area contributed by atoms with Gasteiger partial charge in [0.1, 0.15) is 5.75 Å². The number of piperidine rings is 1. The van der Waals surface area contributed by atoms with E-state index < -0.39 is 6.61 Å². The molecule has 6 nitrogen and oxygen atoms in total. The van der Waals surface area contributed by atoms with Crippen LogP contribution in [0, 0.1) is 0 Å². The molecule has 8 heteroatoms. The Morgan fingerprint density at radius 3 is 2.47 bits per heavy atom. The second-order valence-corrected chi connectivity index (χ2v) is 7.86. The van der Waals surface area contributed by atoms with Crippen LogP contribution in [0.2, 0.25) is 0 Å². The molecule has 174 valence electrons. The molecule has 0 spiro atoms. The molecule has 3 rings (SSSR count). The summed E-state index contributed by atoms with van der Waals surface area (Å²) >= 11 is 0. The van der Waals surface area contributed by atoms with Crippen molar-refractivity contribution in [1.82, 2.24) is 15.5 Å². The third-order valence-electron chi connectivity index (χ3n) is 5.39. The standard InChI is InChI=1S/C24H32F2N4O2/c1-2-27-24(29-16-20-5-3-4-6-22(20)32-23(25)26)28-15-18-7-9-19(10-8-18)17-30-13-11-21(31)12-14-30/h3-10,21,23,31H,2,11-17H2,1H3,(H2,27,28,29). The summed E-state index contributed by atoms with van der Waals surface area (Å²) in [6.45, 7) is 3.36. The number of alkyl halides is 2. The van der Waals surface area contributed by atoms with E-state index in [1.165, 1.54) is 11.6 Å². The van der Waals surface area contributed by atoms with Crippen LogP contribution in [0.25, 0.3) is 0 Å². The van der Waals surface area contributed by atoms with Crippen molar-refractivity contribution in [2.45, 2.75) is 52.1 Å². The van der Waals surface area contributed by atoms with E-state index in [1.54, 1.807) is 18.2 Å². The van der Waals surface area contributed by atoms with Gasteiger partial charge in [0.25, 0.3) is 0 Å². The first-order valence-corrected chi connectivity index (χ1v) is 11.1. The summed E-state index contributed by atoms with van der Waals surface area (Å²) in [6.07, 6.45) is 1.52. The smallest absolute Gasteiger partial charge is 0.387 e. The lowest BCUT2D eigenvalue weighted by molar-refractivity contribution is -0.0504. The number of hydrogen-bond donors (Lipinski definition) is 3. The molecule has 0 aliphatic carbocycles. The van der Waals surface area contributed by atoms with E-state index in [0.717, 1.165) is 38.0 Å². The van der Waals surface area contributed by atoms with Gasteiger partial charge in [0.15, 0.2) is 5.96 Å². The van der Waals surface area contributed by atoms with Gasteiger partial charge in [0.2, 0.25) is 0 Å². The van der Waals surface area contributed by atoms with Gasteiger partial charge in [-0.1, -0.05) is 42.5 Å². The van der Waals surface area contributed by atoms with Crippen molar-refractivity contribution in [3.8, 4) is 5.75 Å². The van der Waals surface area contributed by atoms with Crippen LogP contribution in [-0.2, 0) is 19.6 Å². The highest BCUT2D eigenvalue weighted by Gasteiger charge is 2.16. The largest absolute Gasteiger partial charge is 0.434 e. The van der Waals surface area contributed by atoms with Crippen molar-refractivity contribution < 1.29 is 18.6 Å². The Hall–Kier alpha value is -2.71. The molecule has 2 aromatic rings. The number of aliphatic imine (C=N–C) groups is 1. The lowest BCUT2D eigenvalue weighted by Crippen LogP contribution is -2.36. The summed E-state index contributed by atoms with van der Waals surface area (Å²) in [5.74, 6) is 0.764. The molecule has 0 aromatic heterocycles. The predicted molar refractivity (Wildman–Crippen MR) is 122 cm³/mol. The number of rotatable bonds is 9. The van der Waals surface area contributed by atoms with E-state index in [-0.39, 0.29) is 11.9 Å². The highest BCUT2D eigenvalue weighted by atomic mass is 19.3. The molecule has 1 aliphatic rings. The van der Waals surface area contributed by atoms with Gasteiger partial charge in [-0.15, -0.1) is 0 Å². The SMILES string of the molecule is CCNC(=NCc1ccc(CN2CCC(O)CC2)cc1)NCc1ccccc1OC(F)F. The summed E-state index contributed by atoms with van der Waals surface area (Å²) in [7, 11) is 0. The average Bonchev–Trinajstić information content (AvgIpc) is 2.79. The molecule has 0 saturated carbocycles. The molecular weight excluding hydrogens is 414 g/mol. The summed E-state index contributed by atoms with van der Waals surface area (Å²) in [6, 6.07) is 15.1. The monoisotopic (exact) mass is 446 g/mol. The topological polar surface area (TPSA) is 69.1 Å². The van der Waals surface area contributed by atoms with Crippen LogP contribution in [0.4, 0.5) is 8.78 Å². The third kappa shape index (κ3) is 7.76. The van der Waals surface area contributed by atoms with Crippen LogP contribution in [0.1, 0.15) is 36.5 Å². The minimum Gasteiger partial charge on any atom is -0.434 e. The average molecular weight is 447 g/mol. The van der Waals surface area contributed by atoms with Crippen molar-refractivity contribution in [2.75, 3.05) is 19.6 Å². The summed E-state index contributed by atoms with van der Waals surface area (Å²) in [4.78, 5) is 6.97. The Morgan fingerprint density at radius 2 is 1.78 bits per heavy atom. The van der Waals surface area contributed by atoms with Gasteiger partial charge in [0, 0.05) is 38.3 Å². The third-order valence-corrected chi connectivity index (χ3v) is 5.39. The minimum atomic E-state index is -2.86. The molecule has 1 saturated heterocycles. The van der Waals surface area contributed by atoms with Gasteiger partial charge in [-0.25, -0.2) is 4.99 Å². The van der Waals surface area contributed by atoms with Crippen LogP contribution in [0.5, 0.6) is 5.75 Å². The number of ether oxygens (including phenoxy) is 1. The number of likely N-dealkylation sites (tertiary alicyclic amines) is 1. The number of guanidine groups is 1. The maximum atomic E-state index is 12.6. The van der Waals surface area contributed by atoms with Crippen LogP contribution in [-0.4, -0.2) is 48.3 Å². The molecule has 0 radical (unpaired) electrons. The number of aliphatic hydroxyl groups is 1. The highest BCUT2D eigenvalue weighted by molar-refractivity contribution is 5.79. The van der Waals surface area contributed by atoms with E-state index in [2.05, 4.69) is 49.5 Å². The van der Waals surface area contributed by atoms with E-state index in [4.69, 9.17) is 0 Å². The molecule has 32 heavy (non-hydrogen) atoms. The molecule has 2 aromatic carbocycles. The zero-order chi connectivity index (χ0) is 22.8. The lowest BCUT2D eigenvalue weighted by atomic mass is 10.1. The first-order chi connectivity index (χ1) is 15.5. The van der Waals surface area contributed by atoms with Crippen LogP contribution < -0.4 is 15.4 Å². The normalized spacial score (nSPS) is 15.7. The fourth-order valence-electron chi connectivity index (χ4n) is 3.64. The number of halogens is 2. The Balaban J connectivity index is 1.54. The zero-order valence-electron chi connectivity index (χ0n) is 18.4. The first kappa shape index (κ1) is 23.9. The number of benzene rings is 2. The van der Waals surface area contributed by atoms with Gasteiger partial charge in [-0.2, -0.15) is 8.78 Å². The number of aliphatic hydroxyl groups excluding tert-OH is 1. The second kappa shape index (κ2) is 12.4. The van der Waals surface area contributed by atoms with Crippen molar-refractivity contribution in [2.24, 2.45) is 4.99 Å². The highest BCUT2D eigenvalue weighted by Crippen LogP contribution is 2.20. The van der Waals surface area contributed by atoms with Crippen LogP contribution in [0.3, 0.4) is 0 Å². The molecule has 1 fully saturated rings. The second-order valence-electron chi connectivity index (χ2n) is 7.86. The molecule has 0 unspecified atom stereocenters. The van der Waals surface area contributed by atoms with Crippen molar-refractivity contribution in [3.63, 3.8) is 0 Å². The Bertz CT molecular complexity index is 853. The van der Waals surface area contributed by atoms with Crippen LogP contribution >= 0.6 is 0 Å². The molecule has 1 aliphatic heterocycles. The van der Waals surface area contributed by atoms with E-state index in [0.29, 0.717) is 31.2 Å². The van der Waals surface area contributed by atoms with Crippen molar-refractivity contribution in [3.05, 3.63) is 65.2 Å². The molecule has 1 heterocycles. The molecular formula is C24H32F2N4O2. The Morgan fingerprint density at radius 1 is 1.09 bits per heavy atom. The number of hydrogen-bond acceptors (Lipinski definition) is 4. The fourth-order valence-corrected chi connectivity index (χ4v) is 3.64. The van der Waals surface area contributed by atoms with Crippen LogP contribution in [0.15, 0.2) is 53.5 Å².